The fraction of sp³-hybridized carbons (Fsp3) is 0.938. The van der Waals surface area contributed by atoms with Crippen LogP contribution >= 0.6 is 0 Å². The van der Waals surface area contributed by atoms with E-state index < -0.39 is 5.54 Å². The van der Waals surface area contributed by atoms with Gasteiger partial charge in [0.25, 0.3) is 0 Å². The van der Waals surface area contributed by atoms with Gasteiger partial charge in [0.15, 0.2) is 0 Å². The Morgan fingerprint density at radius 3 is 2.75 bits per heavy atom. The van der Waals surface area contributed by atoms with Crippen molar-refractivity contribution in [3.05, 3.63) is 0 Å². The number of rotatable bonds is 5. The van der Waals surface area contributed by atoms with Crippen molar-refractivity contribution in [2.45, 2.75) is 64.5 Å². The predicted octanol–water partition coefficient (Wildman–Crippen LogP) is 2.17. The number of fused-ring (bicyclic) bond motifs is 1. The highest BCUT2D eigenvalue weighted by atomic mass is 16.5. The first kappa shape index (κ1) is 15.8. The van der Waals surface area contributed by atoms with Crippen molar-refractivity contribution in [2.24, 2.45) is 17.1 Å². The van der Waals surface area contributed by atoms with Gasteiger partial charge in [0.05, 0.1) is 6.10 Å². The lowest BCUT2D eigenvalue weighted by Crippen LogP contribution is -2.82. The summed E-state index contributed by atoms with van der Waals surface area (Å²) in [6.45, 7) is 7.95. The molecule has 2 aliphatic rings. The minimum Gasteiger partial charge on any atom is -0.377 e. The smallest absolute Gasteiger partial charge is 0.243 e. The van der Waals surface area contributed by atoms with Gasteiger partial charge in [-0.15, -0.1) is 0 Å². The number of hydrogen-bond acceptors (Lipinski definition) is 3. The van der Waals surface area contributed by atoms with Crippen LogP contribution in [0.5, 0.6) is 0 Å². The number of unbranched alkanes of at least 4 members (excludes halogenated alkanes) is 2. The fourth-order valence-corrected chi connectivity index (χ4v) is 4.03. The number of hydrogen-bond donors (Lipinski definition) is 1. The first-order valence-corrected chi connectivity index (χ1v) is 8.03. The van der Waals surface area contributed by atoms with Crippen LogP contribution in [0, 0.1) is 11.3 Å². The molecule has 116 valence electrons. The van der Waals surface area contributed by atoms with Crippen molar-refractivity contribution < 1.29 is 9.53 Å². The van der Waals surface area contributed by atoms with E-state index in [1.807, 2.05) is 11.9 Å². The summed E-state index contributed by atoms with van der Waals surface area (Å²) < 4.78 is 5.87. The molecule has 2 rings (SSSR count). The van der Waals surface area contributed by atoms with Crippen LogP contribution in [0.15, 0.2) is 0 Å². The van der Waals surface area contributed by atoms with Gasteiger partial charge >= 0.3 is 0 Å². The van der Waals surface area contributed by atoms with Gasteiger partial charge in [-0.1, -0.05) is 33.6 Å². The van der Waals surface area contributed by atoms with Crippen LogP contribution in [0.4, 0.5) is 0 Å². The third kappa shape index (κ3) is 2.17. The molecular formula is C16H30N2O2. The van der Waals surface area contributed by atoms with Gasteiger partial charge in [0, 0.05) is 31.5 Å². The van der Waals surface area contributed by atoms with Crippen LogP contribution in [-0.4, -0.2) is 42.6 Å². The topological polar surface area (TPSA) is 55.6 Å². The van der Waals surface area contributed by atoms with Crippen molar-refractivity contribution in [2.75, 3.05) is 20.2 Å². The maximum absolute atomic E-state index is 12.9. The molecule has 3 unspecified atom stereocenters. The molecule has 1 aliphatic carbocycles. The molecule has 2 N–H and O–H groups in total. The quantitative estimate of drug-likeness (QED) is 0.786. The molecule has 2 fully saturated rings. The van der Waals surface area contributed by atoms with E-state index in [0.29, 0.717) is 0 Å². The minimum atomic E-state index is -0.751. The Morgan fingerprint density at radius 1 is 1.40 bits per heavy atom. The van der Waals surface area contributed by atoms with E-state index in [-0.39, 0.29) is 23.3 Å². The number of likely N-dealkylation sites (N-methyl/N-ethyl adjacent to an activating group) is 1. The second-order valence-corrected chi connectivity index (χ2v) is 7.06. The molecule has 0 spiro atoms. The average molecular weight is 282 g/mol. The summed E-state index contributed by atoms with van der Waals surface area (Å²) in [5.41, 5.74) is 5.59. The van der Waals surface area contributed by atoms with Gasteiger partial charge < -0.3 is 15.4 Å². The predicted molar refractivity (Wildman–Crippen MR) is 80.3 cm³/mol. The lowest BCUT2D eigenvalue weighted by molar-refractivity contribution is -0.229. The Balaban J connectivity index is 2.07. The summed E-state index contributed by atoms with van der Waals surface area (Å²) in [4.78, 5) is 14.7. The largest absolute Gasteiger partial charge is 0.377 e. The normalized spacial score (nSPS) is 35.0. The molecule has 1 saturated heterocycles. The van der Waals surface area contributed by atoms with Crippen molar-refractivity contribution in [3.63, 3.8) is 0 Å². The van der Waals surface area contributed by atoms with Gasteiger partial charge in [-0.3, -0.25) is 4.79 Å². The van der Waals surface area contributed by atoms with Crippen molar-refractivity contribution in [3.8, 4) is 0 Å². The number of nitrogens with two attached hydrogens (primary N) is 1. The minimum absolute atomic E-state index is 0.102. The van der Waals surface area contributed by atoms with E-state index >= 15 is 0 Å². The zero-order valence-corrected chi connectivity index (χ0v) is 13.4. The molecule has 0 aromatic heterocycles. The lowest BCUT2D eigenvalue weighted by atomic mass is 9.46. The monoisotopic (exact) mass is 282 g/mol. The van der Waals surface area contributed by atoms with E-state index in [1.165, 1.54) is 6.42 Å². The summed E-state index contributed by atoms with van der Waals surface area (Å²) in [6.07, 6.45) is 5.56. The van der Waals surface area contributed by atoms with Gasteiger partial charge in [-0.2, -0.15) is 0 Å². The first-order chi connectivity index (χ1) is 9.37. The van der Waals surface area contributed by atoms with E-state index in [9.17, 15) is 4.79 Å². The summed E-state index contributed by atoms with van der Waals surface area (Å²) in [5.74, 6) is 0.290. The van der Waals surface area contributed by atoms with Crippen LogP contribution in [0.1, 0.15) is 52.9 Å². The highest BCUT2D eigenvalue weighted by molar-refractivity contribution is 5.89. The zero-order valence-electron chi connectivity index (χ0n) is 13.4. The van der Waals surface area contributed by atoms with Crippen molar-refractivity contribution >= 4 is 5.91 Å². The zero-order chi connectivity index (χ0) is 15.0. The van der Waals surface area contributed by atoms with Crippen LogP contribution in [-0.2, 0) is 9.53 Å². The molecule has 4 nitrogen and oxygen atoms in total. The summed E-state index contributed by atoms with van der Waals surface area (Å²) in [7, 11) is 1.89. The van der Waals surface area contributed by atoms with Crippen LogP contribution < -0.4 is 5.73 Å². The van der Waals surface area contributed by atoms with E-state index in [4.69, 9.17) is 10.5 Å². The molecule has 0 radical (unpaired) electrons. The third-order valence-corrected chi connectivity index (χ3v) is 5.48. The van der Waals surface area contributed by atoms with E-state index in [1.54, 1.807) is 0 Å². The SMILES string of the molecule is CCCCCN(C)C(=O)C1(N)C2CCCOC2C1(C)C. The molecule has 4 heteroatoms. The summed E-state index contributed by atoms with van der Waals surface area (Å²) in [5, 5.41) is 0. The van der Waals surface area contributed by atoms with Gasteiger partial charge in [0.1, 0.15) is 5.54 Å². The highest BCUT2D eigenvalue weighted by Gasteiger charge is 2.70. The average Bonchev–Trinajstić information content (AvgIpc) is 2.45. The number of carbonyl (C=O) groups excluding carboxylic acids is 1. The molecule has 0 aromatic carbocycles. The second-order valence-electron chi connectivity index (χ2n) is 7.06. The van der Waals surface area contributed by atoms with Gasteiger partial charge in [0.2, 0.25) is 5.91 Å². The fourth-order valence-electron chi connectivity index (χ4n) is 4.03. The molecular weight excluding hydrogens is 252 g/mol. The number of nitrogens with zero attached hydrogens (tertiary/aromatic N) is 1. The maximum Gasteiger partial charge on any atom is 0.243 e. The maximum atomic E-state index is 12.9. The highest BCUT2D eigenvalue weighted by Crippen LogP contribution is 2.57. The first-order valence-electron chi connectivity index (χ1n) is 8.03. The van der Waals surface area contributed by atoms with Crippen LogP contribution in [0.3, 0.4) is 0 Å². The Morgan fingerprint density at radius 2 is 2.10 bits per heavy atom. The standard InChI is InChI=1S/C16H30N2O2/c1-5-6-7-10-18(4)14(19)16(17)12-9-8-11-20-13(12)15(16,2)3/h12-13H,5-11,17H2,1-4H3. The third-order valence-electron chi connectivity index (χ3n) is 5.48. The molecule has 3 atom stereocenters. The van der Waals surface area contributed by atoms with E-state index in [0.717, 1.165) is 38.8 Å². The van der Waals surface area contributed by atoms with Crippen LogP contribution in [0.25, 0.3) is 0 Å². The Kier molecular flexibility index (Phi) is 4.45. The number of amides is 1. The molecule has 20 heavy (non-hydrogen) atoms. The summed E-state index contributed by atoms with van der Waals surface area (Å²) in [6, 6.07) is 0. The lowest BCUT2D eigenvalue weighted by Gasteiger charge is -2.65. The molecule has 0 bridgehead atoms. The number of carbonyl (C=O) groups is 1. The molecule has 1 aliphatic heterocycles. The van der Waals surface area contributed by atoms with Crippen LogP contribution in [0.2, 0.25) is 0 Å². The van der Waals surface area contributed by atoms with Crippen molar-refractivity contribution in [1.82, 2.24) is 4.90 Å². The molecule has 0 aromatic rings. The molecule has 1 amide bonds. The van der Waals surface area contributed by atoms with Gasteiger partial charge in [-0.05, 0) is 19.3 Å². The second kappa shape index (κ2) is 5.64. The summed E-state index contributed by atoms with van der Waals surface area (Å²) >= 11 is 0. The molecule has 1 saturated carbocycles. The number of ether oxygens (including phenoxy) is 1. The molecule has 1 heterocycles. The Labute approximate surface area is 123 Å². The Hall–Kier alpha value is -0.610. The van der Waals surface area contributed by atoms with Crippen molar-refractivity contribution in [1.29, 1.82) is 0 Å². The van der Waals surface area contributed by atoms with E-state index in [2.05, 4.69) is 20.8 Å². The Bertz CT molecular complexity index is 369. The van der Waals surface area contributed by atoms with Gasteiger partial charge in [-0.25, -0.2) is 0 Å².